The number of thioether (sulfide) groups is 1. The van der Waals surface area contributed by atoms with Gasteiger partial charge in [0, 0.05) is 41.9 Å². The second kappa shape index (κ2) is 11.2. The fourth-order valence-electron chi connectivity index (χ4n) is 7.81. The number of aryl methyl sites for hydroxylation is 1. The van der Waals surface area contributed by atoms with Gasteiger partial charge in [0.1, 0.15) is 23.6 Å². The average molecular weight is 617 g/mol. The Morgan fingerprint density at radius 3 is 2.82 bits per heavy atom. The lowest BCUT2D eigenvalue weighted by molar-refractivity contribution is -0.111. The number of carbonyl (C=O) groups is 1. The first-order chi connectivity index (χ1) is 21.5. The highest BCUT2D eigenvalue weighted by molar-refractivity contribution is 8.14. The zero-order chi connectivity index (χ0) is 29.8. The van der Waals surface area contributed by atoms with E-state index in [0.717, 1.165) is 85.8 Å². The Morgan fingerprint density at radius 1 is 1.11 bits per heavy atom. The van der Waals surface area contributed by atoms with Gasteiger partial charge in [0.2, 0.25) is 0 Å². The summed E-state index contributed by atoms with van der Waals surface area (Å²) in [7, 11) is 0. The molecule has 4 aromatic rings. The van der Waals surface area contributed by atoms with Crippen molar-refractivity contribution in [2.45, 2.75) is 69.1 Å². The van der Waals surface area contributed by atoms with Crippen LogP contribution in [-0.2, 0) is 11.2 Å². The molecule has 44 heavy (non-hydrogen) atoms. The number of hydrogen-bond donors (Lipinski definition) is 2. The molecule has 0 spiro atoms. The summed E-state index contributed by atoms with van der Waals surface area (Å²) in [4.78, 5) is 32.0. The van der Waals surface area contributed by atoms with Crippen LogP contribution in [0.3, 0.4) is 0 Å². The summed E-state index contributed by atoms with van der Waals surface area (Å²) in [5.74, 6) is 0.0930. The summed E-state index contributed by atoms with van der Waals surface area (Å²) in [6.07, 6.45) is 10.8. The summed E-state index contributed by atoms with van der Waals surface area (Å²) in [5.41, 5.74) is 4.08. The van der Waals surface area contributed by atoms with E-state index in [1.54, 1.807) is 12.4 Å². The molecule has 0 saturated carbocycles. The molecule has 0 aliphatic carbocycles. The lowest BCUT2D eigenvalue weighted by Gasteiger charge is -2.34. The van der Waals surface area contributed by atoms with Crippen molar-refractivity contribution in [3.8, 4) is 17.3 Å². The molecule has 2 N–H and O–H groups in total. The molecule has 0 radical (unpaired) electrons. The molecule has 1 unspecified atom stereocenters. The predicted molar refractivity (Wildman–Crippen MR) is 170 cm³/mol. The van der Waals surface area contributed by atoms with Crippen LogP contribution in [0.5, 0.6) is 6.01 Å². The van der Waals surface area contributed by atoms with Crippen molar-refractivity contribution in [2.75, 3.05) is 44.4 Å². The molecule has 1 atom stereocenters. The van der Waals surface area contributed by atoms with Crippen LogP contribution < -0.4 is 15.0 Å². The zero-order valence-corrected chi connectivity index (χ0v) is 25.8. The standard InChI is InChI=1S/C32H37FN8O2S/c1-19-12-24-22(15-36-39-24)26-21(19)6-2-3-7-25(42)44-20-13-34-18-40(16-20)30-23-14-35-29(26)27(33)28(23)37-31(38-30)43-17-32-8-4-10-41(32)11-5-9-32/h12,14-15,20,34H,2-11,13,16-18H2,1H3,(H,36,39). The van der Waals surface area contributed by atoms with Crippen LogP contribution in [0, 0.1) is 12.7 Å². The van der Waals surface area contributed by atoms with Gasteiger partial charge in [-0.1, -0.05) is 11.8 Å². The van der Waals surface area contributed by atoms with E-state index in [2.05, 4.69) is 31.4 Å². The summed E-state index contributed by atoms with van der Waals surface area (Å²) in [6.45, 7) is 6.57. The molecule has 5 aliphatic rings. The average Bonchev–Trinajstić information content (AvgIpc) is 3.74. The fraction of sp³-hybridized carbons (Fsp3) is 0.531. The van der Waals surface area contributed by atoms with Gasteiger partial charge in [-0.2, -0.15) is 15.1 Å². The van der Waals surface area contributed by atoms with Crippen molar-refractivity contribution < 1.29 is 13.9 Å². The molecule has 0 amide bonds. The SMILES string of the molecule is Cc1cc2[nH]ncc2c2c1CCCCC(=O)SC1CNCN(C1)c1nc(OCC34CCCN3CCC4)nc3c(F)c-2ncc13. The number of H-pyrrole nitrogens is 1. The van der Waals surface area contributed by atoms with Crippen LogP contribution in [0.4, 0.5) is 10.2 Å². The Balaban J connectivity index is 1.30. The van der Waals surface area contributed by atoms with Crippen LogP contribution >= 0.6 is 11.8 Å². The minimum atomic E-state index is -0.481. The third-order valence-corrected chi connectivity index (χ3v) is 11.1. The molecule has 9 rings (SSSR count). The number of fused-ring (bicyclic) bond motifs is 8. The van der Waals surface area contributed by atoms with E-state index in [9.17, 15) is 4.79 Å². The molecule has 12 heteroatoms. The summed E-state index contributed by atoms with van der Waals surface area (Å²) >= 11 is 1.40. The molecule has 3 fully saturated rings. The molecular weight excluding hydrogens is 579 g/mol. The normalized spacial score (nSPS) is 22.3. The van der Waals surface area contributed by atoms with Gasteiger partial charge in [0.15, 0.2) is 10.9 Å². The lowest BCUT2D eigenvalue weighted by atomic mass is 9.91. The van der Waals surface area contributed by atoms with Gasteiger partial charge >= 0.3 is 6.01 Å². The number of aromatic amines is 1. The highest BCUT2D eigenvalue weighted by atomic mass is 32.2. The van der Waals surface area contributed by atoms with E-state index in [0.29, 0.717) is 43.9 Å². The number of nitrogens with one attached hydrogen (secondary N) is 2. The molecular formula is C32H37FN8O2S. The topological polar surface area (TPSA) is 112 Å². The highest BCUT2D eigenvalue weighted by Gasteiger charge is 2.45. The molecule has 10 nitrogen and oxygen atoms in total. The van der Waals surface area contributed by atoms with Gasteiger partial charge in [0.05, 0.1) is 29.3 Å². The van der Waals surface area contributed by atoms with Gasteiger partial charge in [0.25, 0.3) is 0 Å². The first-order valence-electron chi connectivity index (χ1n) is 15.8. The lowest BCUT2D eigenvalue weighted by Crippen LogP contribution is -2.49. The van der Waals surface area contributed by atoms with E-state index < -0.39 is 5.82 Å². The van der Waals surface area contributed by atoms with E-state index in [1.165, 1.54) is 11.8 Å². The van der Waals surface area contributed by atoms with Crippen molar-refractivity contribution in [3.63, 3.8) is 0 Å². The van der Waals surface area contributed by atoms with Crippen molar-refractivity contribution in [2.24, 2.45) is 0 Å². The second-order valence-electron chi connectivity index (χ2n) is 12.8. The number of carbonyl (C=O) groups excluding carboxylic acids is 1. The molecule has 6 bridgehead atoms. The molecule has 3 saturated heterocycles. The Morgan fingerprint density at radius 2 is 1.95 bits per heavy atom. The zero-order valence-electron chi connectivity index (χ0n) is 25.0. The minimum Gasteiger partial charge on any atom is -0.461 e. The Kier molecular flexibility index (Phi) is 7.18. The fourth-order valence-corrected chi connectivity index (χ4v) is 8.90. The third-order valence-electron chi connectivity index (χ3n) is 9.99. The van der Waals surface area contributed by atoms with Crippen LogP contribution in [0.25, 0.3) is 33.1 Å². The maximum Gasteiger partial charge on any atom is 0.319 e. The van der Waals surface area contributed by atoms with Crippen molar-refractivity contribution >= 4 is 44.5 Å². The number of nitrogens with zero attached hydrogens (tertiary/aromatic N) is 6. The number of rotatable bonds is 3. The third kappa shape index (κ3) is 4.82. The van der Waals surface area contributed by atoms with Gasteiger partial charge in [-0.3, -0.25) is 25.1 Å². The van der Waals surface area contributed by atoms with Gasteiger partial charge in [-0.05, 0) is 82.2 Å². The quantitative estimate of drug-likeness (QED) is 0.335. The number of pyridine rings is 1. The first-order valence-corrected chi connectivity index (χ1v) is 16.7. The molecule has 8 heterocycles. The molecule has 230 valence electrons. The molecule has 3 aromatic heterocycles. The van der Waals surface area contributed by atoms with Crippen molar-refractivity contribution in [1.29, 1.82) is 0 Å². The first kappa shape index (κ1) is 28.1. The number of anilines is 1. The molecule has 5 aliphatic heterocycles. The maximum atomic E-state index is 17.0. The summed E-state index contributed by atoms with van der Waals surface area (Å²) < 4.78 is 23.4. The number of aromatic nitrogens is 5. The number of hydrogen-bond acceptors (Lipinski definition) is 10. The van der Waals surface area contributed by atoms with Crippen LogP contribution in [-0.4, -0.2) is 85.4 Å². The number of ether oxygens (including phenoxy) is 1. The smallest absolute Gasteiger partial charge is 0.319 e. The van der Waals surface area contributed by atoms with Crippen molar-refractivity contribution in [3.05, 3.63) is 35.4 Å². The predicted octanol–water partition coefficient (Wildman–Crippen LogP) is 4.74. The Hall–Kier alpha value is -3.35. The van der Waals surface area contributed by atoms with Crippen LogP contribution in [0.2, 0.25) is 0 Å². The van der Waals surface area contributed by atoms with Crippen molar-refractivity contribution in [1.82, 2.24) is 35.4 Å². The minimum absolute atomic E-state index is 0.00627. The van der Waals surface area contributed by atoms with Gasteiger partial charge in [-0.15, -0.1) is 0 Å². The summed E-state index contributed by atoms with van der Waals surface area (Å²) in [6, 6.07) is 2.24. The number of benzene rings is 1. The monoisotopic (exact) mass is 616 g/mol. The van der Waals surface area contributed by atoms with E-state index in [4.69, 9.17) is 19.7 Å². The Bertz CT molecular complexity index is 1750. The second-order valence-corrected chi connectivity index (χ2v) is 14.1. The van der Waals surface area contributed by atoms with E-state index >= 15 is 4.39 Å². The molecule has 1 aromatic carbocycles. The van der Waals surface area contributed by atoms with Gasteiger partial charge in [-0.25, -0.2) is 4.39 Å². The van der Waals surface area contributed by atoms with E-state index in [-0.39, 0.29) is 33.1 Å². The largest absolute Gasteiger partial charge is 0.461 e. The highest BCUT2D eigenvalue weighted by Crippen LogP contribution is 2.41. The number of halogens is 1. The van der Waals surface area contributed by atoms with Gasteiger partial charge < -0.3 is 9.64 Å². The maximum absolute atomic E-state index is 17.0. The van der Waals surface area contributed by atoms with E-state index in [1.807, 2.05) is 6.92 Å². The van der Waals surface area contributed by atoms with Crippen LogP contribution in [0.1, 0.15) is 56.1 Å². The summed E-state index contributed by atoms with van der Waals surface area (Å²) in [5, 5.41) is 12.4. The van der Waals surface area contributed by atoms with Crippen LogP contribution in [0.15, 0.2) is 18.5 Å². The Labute approximate surface area is 259 Å².